The lowest BCUT2D eigenvalue weighted by atomic mass is 10.4. The average molecular weight is 372 g/mol. The van der Waals surface area contributed by atoms with Gasteiger partial charge in [0.05, 0.1) is 20.5 Å². The Morgan fingerprint density at radius 1 is 1.23 bits per heavy atom. The number of aromatic nitrogens is 1. The molecule has 0 radical (unpaired) electrons. The number of carbonyl (C=O) groups is 1. The first-order valence-corrected chi connectivity index (χ1v) is 9.34. The van der Waals surface area contributed by atoms with Crippen LogP contribution in [0.3, 0.4) is 0 Å². The van der Waals surface area contributed by atoms with E-state index in [2.05, 4.69) is 4.98 Å². The molecule has 0 saturated carbocycles. The maximum Gasteiger partial charge on any atom is 0.264 e. The highest BCUT2D eigenvalue weighted by atomic mass is 35.5. The zero-order chi connectivity index (χ0) is 15.9. The molecule has 3 aromatic heterocycles. The van der Waals surface area contributed by atoms with E-state index in [1.807, 2.05) is 44.2 Å². The molecule has 4 nitrogen and oxygen atoms in total. The Bertz CT molecular complexity index is 789. The lowest BCUT2D eigenvalue weighted by molar-refractivity contribution is 0.0791. The van der Waals surface area contributed by atoms with Crippen molar-refractivity contribution in [2.45, 2.75) is 6.54 Å². The van der Waals surface area contributed by atoms with E-state index in [0.717, 1.165) is 28.8 Å². The first-order chi connectivity index (χ1) is 10.4. The van der Waals surface area contributed by atoms with Crippen molar-refractivity contribution in [3.05, 3.63) is 32.3 Å². The Balaban J connectivity index is 1.77. The Kier molecular flexibility index (Phi) is 4.40. The summed E-state index contributed by atoms with van der Waals surface area (Å²) < 4.78 is 1.80. The summed E-state index contributed by atoms with van der Waals surface area (Å²) in [6, 6.07) is 5.74. The molecule has 8 heteroatoms. The third-order valence-electron chi connectivity index (χ3n) is 3.04. The van der Waals surface area contributed by atoms with Crippen LogP contribution in [0.2, 0.25) is 4.34 Å². The number of anilines is 1. The number of hydrogen-bond donors (Lipinski definition) is 0. The van der Waals surface area contributed by atoms with Gasteiger partial charge in [-0.1, -0.05) is 22.9 Å². The number of thiazole rings is 1. The summed E-state index contributed by atoms with van der Waals surface area (Å²) in [4.78, 5) is 23.5. The maximum atomic E-state index is 12.5. The van der Waals surface area contributed by atoms with E-state index in [4.69, 9.17) is 11.6 Å². The third kappa shape index (κ3) is 3.12. The van der Waals surface area contributed by atoms with Crippen molar-refractivity contribution in [1.82, 2.24) is 9.88 Å². The molecule has 1 amide bonds. The number of hydrogen-bond acceptors (Lipinski definition) is 6. The van der Waals surface area contributed by atoms with Crippen LogP contribution in [0.4, 0.5) is 5.13 Å². The SMILES string of the molecule is CN(Cc1ccc(Cl)s1)C(=O)c1cc2sc(N(C)C)nc2s1. The van der Waals surface area contributed by atoms with Crippen molar-refractivity contribution in [3.63, 3.8) is 0 Å². The minimum absolute atomic E-state index is 0.0196. The van der Waals surface area contributed by atoms with Gasteiger partial charge in [-0.15, -0.1) is 22.7 Å². The molecule has 0 unspecified atom stereocenters. The van der Waals surface area contributed by atoms with Crippen LogP contribution in [0.25, 0.3) is 9.53 Å². The Morgan fingerprint density at radius 3 is 2.59 bits per heavy atom. The van der Waals surface area contributed by atoms with Crippen molar-refractivity contribution < 1.29 is 4.79 Å². The van der Waals surface area contributed by atoms with Crippen molar-refractivity contribution in [3.8, 4) is 0 Å². The van der Waals surface area contributed by atoms with Crippen LogP contribution in [0, 0.1) is 0 Å². The molecule has 0 aliphatic heterocycles. The summed E-state index contributed by atoms with van der Waals surface area (Å²) in [6.07, 6.45) is 0. The van der Waals surface area contributed by atoms with Gasteiger partial charge in [0.15, 0.2) is 5.13 Å². The molecule has 0 N–H and O–H groups in total. The lowest BCUT2D eigenvalue weighted by Crippen LogP contribution is -2.24. The first kappa shape index (κ1) is 15.7. The number of amides is 1. The third-order valence-corrected chi connectivity index (χ3v) is 6.57. The largest absolute Gasteiger partial charge is 0.354 e. The summed E-state index contributed by atoms with van der Waals surface area (Å²) >= 11 is 10.5. The zero-order valence-electron chi connectivity index (χ0n) is 12.3. The van der Waals surface area contributed by atoms with Crippen LogP contribution < -0.4 is 4.90 Å². The van der Waals surface area contributed by atoms with Crippen LogP contribution in [0.15, 0.2) is 18.2 Å². The molecule has 0 aliphatic rings. The molecule has 22 heavy (non-hydrogen) atoms. The number of nitrogens with zero attached hydrogens (tertiary/aromatic N) is 3. The minimum atomic E-state index is 0.0196. The lowest BCUT2D eigenvalue weighted by Gasteiger charge is -2.14. The fourth-order valence-electron chi connectivity index (χ4n) is 1.95. The van der Waals surface area contributed by atoms with Gasteiger partial charge < -0.3 is 9.80 Å². The standard InChI is InChI=1S/C14H14ClN3OS3/c1-17(2)14-16-12-9(22-14)6-10(21-12)13(19)18(3)7-8-4-5-11(15)20-8/h4-6H,7H2,1-3H3. The number of halogens is 1. The topological polar surface area (TPSA) is 36.4 Å². The second-order valence-corrected chi connectivity index (χ2v) is 8.88. The molecule has 0 spiro atoms. The second kappa shape index (κ2) is 6.16. The fourth-order valence-corrected chi connectivity index (χ4v) is 5.22. The van der Waals surface area contributed by atoms with E-state index in [1.54, 1.807) is 16.2 Å². The number of rotatable bonds is 4. The highest BCUT2D eigenvalue weighted by Gasteiger charge is 2.18. The van der Waals surface area contributed by atoms with Crippen molar-refractivity contribution >= 4 is 66.2 Å². The highest BCUT2D eigenvalue weighted by Crippen LogP contribution is 2.34. The van der Waals surface area contributed by atoms with Gasteiger partial charge in [-0.3, -0.25) is 4.79 Å². The summed E-state index contributed by atoms with van der Waals surface area (Å²) in [6.45, 7) is 0.568. The molecular formula is C14H14ClN3OS3. The van der Waals surface area contributed by atoms with E-state index in [-0.39, 0.29) is 5.91 Å². The molecule has 0 aliphatic carbocycles. The molecule has 3 rings (SSSR count). The van der Waals surface area contributed by atoms with Gasteiger partial charge in [0.1, 0.15) is 4.83 Å². The van der Waals surface area contributed by atoms with Crippen LogP contribution in [0.5, 0.6) is 0 Å². The van der Waals surface area contributed by atoms with Gasteiger partial charge in [-0.25, -0.2) is 4.98 Å². The fraction of sp³-hybridized carbons (Fsp3) is 0.286. The van der Waals surface area contributed by atoms with E-state index in [9.17, 15) is 4.79 Å². The summed E-state index contributed by atoms with van der Waals surface area (Å²) in [5.74, 6) is 0.0196. The quantitative estimate of drug-likeness (QED) is 0.681. The molecule has 0 saturated heterocycles. The Hall–Kier alpha value is -1.15. The van der Waals surface area contributed by atoms with Crippen LogP contribution in [-0.4, -0.2) is 36.9 Å². The van der Waals surface area contributed by atoms with Gasteiger partial charge in [0, 0.05) is 26.0 Å². The molecule has 0 fully saturated rings. The highest BCUT2D eigenvalue weighted by molar-refractivity contribution is 7.29. The zero-order valence-corrected chi connectivity index (χ0v) is 15.5. The predicted octanol–water partition coefficient (Wildman–Crippen LogP) is 4.41. The molecular weight excluding hydrogens is 358 g/mol. The molecule has 3 aromatic rings. The van der Waals surface area contributed by atoms with E-state index >= 15 is 0 Å². The molecule has 116 valence electrons. The van der Waals surface area contributed by atoms with E-state index in [0.29, 0.717) is 6.54 Å². The Morgan fingerprint density at radius 2 is 2.00 bits per heavy atom. The van der Waals surface area contributed by atoms with Gasteiger partial charge in [0.25, 0.3) is 5.91 Å². The summed E-state index contributed by atoms with van der Waals surface area (Å²) in [5, 5.41) is 0.960. The normalized spacial score (nSPS) is 11.1. The molecule has 3 heterocycles. The molecule has 0 atom stereocenters. The maximum absolute atomic E-state index is 12.5. The molecule has 0 bridgehead atoms. The van der Waals surface area contributed by atoms with Gasteiger partial charge >= 0.3 is 0 Å². The Labute approximate surface area is 145 Å². The van der Waals surface area contributed by atoms with Crippen LogP contribution >= 0.6 is 45.6 Å². The van der Waals surface area contributed by atoms with Crippen molar-refractivity contribution in [2.75, 3.05) is 26.0 Å². The van der Waals surface area contributed by atoms with Gasteiger partial charge in [-0.2, -0.15) is 0 Å². The van der Waals surface area contributed by atoms with Gasteiger partial charge in [0.2, 0.25) is 0 Å². The average Bonchev–Trinajstić information content (AvgIpc) is 3.11. The van der Waals surface area contributed by atoms with E-state index in [1.165, 1.54) is 22.7 Å². The van der Waals surface area contributed by atoms with Crippen LogP contribution in [0.1, 0.15) is 14.5 Å². The number of thiophene rings is 2. The number of fused-ring (bicyclic) bond motifs is 1. The number of carbonyl (C=O) groups excluding carboxylic acids is 1. The first-order valence-electron chi connectivity index (χ1n) is 6.51. The summed E-state index contributed by atoms with van der Waals surface area (Å²) in [5.41, 5.74) is 0. The van der Waals surface area contributed by atoms with E-state index < -0.39 is 0 Å². The summed E-state index contributed by atoms with van der Waals surface area (Å²) in [7, 11) is 5.74. The van der Waals surface area contributed by atoms with Gasteiger partial charge in [-0.05, 0) is 18.2 Å². The minimum Gasteiger partial charge on any atom is -0.354 e. The monoisotopic (exact) mass is 371 g/mol. The molecule has 0 aromatic carbocycles. The van der Waals surface area contributed by atoms with Crippen molar-refractivity contribution in [1.29, 1.82) is 0 Å². The second-order valence-electron chi connectivity index (χ2n) is 5.04. The smallest absolute Gasteiger partial charge is 0.264 e. The predicted molar refractivity (Wildman–Crippen MR) is 97.0 cm³/mol. The van der Waals surface area contributed by atoms with Crippen molar-refractivity contribution in [2.24, 2.45) is 0 Å². The van der Waals surface area contributed by atoms with Crippen LogP contribution in [-0.2, 0) is 6.54 Å².